The molecule has 2 aromatic carbocycles. The van der Waals surface area contributed by atoms with E-state index in [1.807, 2.05) is 0 Å². The number of halogens is 2. The highest BCUT2D eigenvalue weighted by molar-refractivity contribution is 7.89. The first-order valence-corrected chi connectivity index (χ1v) is 12.6. The van der Waals surface area contributed by atoms with Gasteiger partial charge in [-0.1, -0.05) is 23.2 Å². The third-order valence-electron chi connectivity index (χ3n) is 4.72. The molecular formula is C18H19Cl2N3O5S2. The molecular weight excluding hydrogens is 473 g/mol. The van der Waals surface area contributed by atoms with Gasteiger partial charge in [0.25, 0.3) is 0 Å². The third kappa shape index (κ3) is 5.13. The highest BCUT2D eigenvalue weighted by Gasteiger charge is 2.34. The van der Waals surface area contributed by atoms with Gasteiger partial charge in [0.2, 0.25) is 26.0 Å². The second kappa shape index (κ2) is 8.81. The molecule has 0 aliphatic carbocycles. The van der Waals surface area contributed by atoms with Crippen LogP contribution in [0.3, 0.4) is 0 Å². The van der Waals surface area contributed by atoms with Crippen LogP contribution < -0.4 is 10.5 Å². The Hall–Kier alpha value is -1.69. The number of anilines is 1. The molecule has 0 bridgehead atoms. The maximum Gasteiger partial charge on any atom is 0.244 e. The summed E-state index contributed by atoms with van der Waals surface area (Å²) in [5.74, 6) is -0.945. The van der Waals surface area contributed by atoms with Gasteiger partial charge in [0.05, 0.1) is 15.8 Å². The Labute approximate surface area is 185 Å². The van der Waals surface area contributed by atoms with Crippen molar-refractivity contribution in [3.05, 3.63) is 52.5 Å². The third-order valence-corrected chi connectivity index (χ3v) is 8.23. The van der Waals surface area contributed by atoms with E-state index in [0.717, 1.165) is 0 Å². The fraction of sp³-hybridized carbons (Fsp3) is 0.278. The van der Waals surface area contributed by atoms with E-state index in [1.54, 1.807) is 0 Å². The zero-order valence-electron chi connectivity index (χ0n) is 15.6. The molecule has 2 aromatic rings. The Morgan fingerprint density at radius 1 is 1.07 bits per heavy atom. The molecule has 1 heterocycles. The van der Waals surface area contributed by atoms with Gasteiger partial charge >= 0.3 is 0 Å². The molecule has 30 heavy (non-hydrogen) atoms. The van der Waals surface area contributed by atoms with Crippen LogP contribution in [0.4, 0.5) is 5.69 Å². The Morgan fingerprint density at radius 2 is 1.73 bits per heavy atom. The van der Waals surface area contributed by atoms with Crippen molar-refractivity contribution in [3.63, 3.8) is 0 Å². The number of sulfonamides is 2. The van der Waals surface area contributed by atoms with Gasteiger partial charge in [0.15, 0.2) is 0 Å². The maximum atomic E-state index is 13.0. The quantitative estimate of drug-likeness (QED) is 0.664. The average Bonchev–Trinajstić information content (AvgIpc) is 2.69. The van der Waals surface area contributed by atoms with Crippen molar-refractivity contribution in [1.29, 1.82) is 0 Å². The number of amides is 1. The second-order valence-corrected chi connectivity index (χ2v) is 11.1. The largest absolute Gasteiger partial charge is 0.326 e. The number of nitrogens with two attached hydrogens (primary N) is 1. The van der Waals surface area contributed by atoms with E-state index in [9.17, 15) is 21.6 Å². The van der Waals surface area contributed by atoms with E-state index in [1.165, 1.54) is 46.8 Å². The molecule has 162 valence electrons. The summed E-state index contributed by atoms with van der Waals surface area (Å²) < 4.78 is 49.9. The van der Waals surface area contributed by atoms with Crippen molar-refractivity contribution in [2.75, 3.05) is 18.4 Å². The molecule has 1 aliphatic heterocycles. The van der Waals surface area contributed by atoms with Crippen molar-refractivity contribution >= 4 is 54.8 Å². The fourth-order valence-corrected chi connectivity index (χ4v) is 5.94. The molecule has 0 radical (unpaired) electrons. The number of carbonyl (C=O) groups is 1. The SMILES string of the molecule is NS(=O)(=O)c1ccc(NC(=O)[C@@H]2CCCN(S(=O)(=O)c3cc(Cl)ccc3Cl)C2)cc1. The molecule has 0 aromatic heterocycles. The van der Waals surface area contributed by atoms with Crippen LogP contribution in [0.2, 0.25) is 10.0 Å². The van der Waals surface area contributed by atoms with Gasteiger partial charge in [-0.15, -0.1) is 0 Å². The lowest BCUT2D eigenvalue weighted by Crippen LogP contribution is -2.43. The van der Waals surface area contributed by atoms with Crippen LogP contribution in [-0.2, 0) is 24.8 Å². The molecule has 0 spiro atoms. The number of hydrogen-bond donors (Lipinski definition) is 2. The molecule has 0 saturated carbocycles. The Balaban J connectivity index is 1.74. The minimum Gasteiger partial charge on any atom is -0.326 e. The highest BCUT2D eigenvalue weighted by atomic mass is 35.5. The first-order chi connectivity index (χ1) is 14.0. The molecule has 3 rings (SSSR count). The van der Waals surface area contributed by atoms with Gasteiger partial charge in [0.1, 0.15) is 4.90 Å². The van der Waals surface area contributed by atoms with Crippen LogP contribution in [0.5, 0.6) is 0 Å². The molecule has 1 aliphatic rings. The molecule has 1 amide bonds. The predicted octanol–water partition coefficient (Wildman–Crippen LogP) is 2.68. The molecule has 1 fully saturated rings. The van der Waals surface area contributed by atoms with Gasteiger partial charge in [-0.05, 0) is 55.3 Å². The number of primary sulfonamides is 1. The van der Waals surface area contributed by atoms with Crippen LogP contribution >= 0.6 is 23.2 Å². The van der Waals surface area contributed by atoms with Crippen molar-refractivity contribution in [1.82, 2.24) is 4.31 Å². The van der Waals surface area contributed by atoms with Gasteiger partial charge in [-0.3, -0.25) is 4.79 Å². The van der Waals surface area contributed by atoms with Crippen molar-refractivity contribution in [2.24, 2.45) is 11.1 Å². The predicted molar refractivity (Wildman–Crippen MR) is 114 cm³/mol. The Morgan fingerprint density at radius 3 is 2.37 bits per heavy atom. The molecule has 1 saturated heterocycles. The van der Waals surface area contributed by atoms with Crippen molar-refractivity contribution in [2.45, 2.75) is 22.6 Å². The number of piperidine rings is 1. The summed E-state index contributed by atoms with van der Waals surface area (Å²) in [4.78, 5) is 12.5. The van der Waals surface area contributed by atoms with Gasteiger partial charge in [-0.2, -0.15) is 4.31 Å². The molecule has 1 atom stereocenters. The van der Waals surface area contributed by atoms with Crippen molar-refractivity contribution in [3.8, 4) is 0 Å². The average molecular weight is 492 g/mol. The number of hydrogen-bond acceptors (Lipinski definition) is 5. The molecule has 8 nitrogen and oxygen atoms in total. The van der Waals surface area contributed by atoms with Crippen LogP contribution in [0.25, 0.3) is 0 Å². The van der Waals surface area contributed by atoms with E-state index >= 15 is 0 Å². The van der Waals surface area contributed by atoms with Crippen LogP contribution in [0, 0.1) is 5.92 Å². The van der Waals surface area contributed by atoms with E-state index in [0.29, 0.717) is 18.5 Å². The van der Waals surface area contributed by atoms with Gasteiger partial charge < -0.3 is 5.32 Å². The topological polar surface area (TPSA) is 127 Å². The van der Waals surface area contributed by atoms with E-state index in [2.05, 4.69) is 5.32 Å². The standard InChI is InChI=1S/C18H19Cl2N3O5S2/c19-13-3-8-16(20)17(10-13)30(27,28)23-9-1-2-12(11-23)18(24)22-14-4-6-15(7-5-14)29(21,25)26/h3-8,10,12H,1-2,9,11H2,(H,22,24)(H2,21,25,26)/t12-/m1/s1. The lowest BCUT2D eigenvalue weighted by Gasteiger charge is -2.31. The van der Waals surface area contributed by atoms with Crippen molar-refractivity contribution < 1.29 is 21.6 Å². The summed E-state index contributed by atoms with van der Waals surface area (Å²) in [5, 5.41) is 8.03. The van der Waals surface area contributed by atoms with Gasteiger partial charge in [-0.25, -0.2) is 22.0 Å². The minimum atomic E-state index is -3.92. The summed E-state index contributed by atoms with van der Waals surface area (Å²) in [5.41, 5.74) is 0.380. The first kappa shape index (κ1) is 23.0. The zero-order chi connectivity index (χ0) is 22.1. The minimum absolute atomic E-state index is 0.00767. The summed E-state index contributed by atoms with van der Waals surface area (Å²) in [6.45, 7) is 0.254. The highest BCUT2D eigenvalue weighted by Crippen LogP contribution is 2.30. The monoisotopic (exact) mass is 491 g/mol. The van der Waals surface area contributed by atoms with E-state index < -0.39 is 26.0 Å². The molecule has 12 heteroatoms. The zero-order valence-corrected chi connectivity index (χ0v) is 18.7. The molecule has 3 N–H and O–H groups in total. The first-order valence-electron chi connectivity index (χ1n) is 8.87. The molecule has 0 unspecified atom stereocenters. The number of carbonyl (C=O) groups excluding carboxylic acids is 1. The number of benzene rings is 2. The van der Waals surface area contributed by atoms with E-state index in [4.69, 9.17) is 28.3 Å². The fourth-order valence-electron chi connectivity index (χ4n) is 3.16. The summed E-state index contributed by atoms with van der Waals surface area (Å²) >= 11 is 12.0. The number of nitrogens with one attached hydrogen (secondary N) is 1. The number of rotatable bonds is 5. The van der Waals surface area contributed by atoms with Crippen LogP contribution in [-0.4, -0.2) is 40.1 Å². The lowest BCUT2D eigenvalue weighted by molar-refractivity contribution is -0.120. The van der Waals surface area contributed by atoms with Crippen LogP contribution in [0.1, 0.15) is 12.8 Å². The lowest BCUT2D eigenvalue weighted by atomic mass is 9.99. The number of nitrogens with zero attached hydrogens (tertiary/aromatic N) is 1. The summed E-state index contributed by atoms with van der Waals surface area (Å²) in [7, 11) is -7.75. The van der Waals surface area contributed by atoms with E-state index in [-0.39, 0.29) is 38.8 Å². The van der Waals surface area contributed by atoms with Crippen LogP contribution in [0.15, 0.2) is 52.3 Å². The normalized spacial score (nSPS) is 18.2. The second-order valence-electron chi connectivity index (χ2n) is 6.84. The smallest absolute Gasteiger partial charge is 0.244 e. The maximum absolute atomic E-state index is 13.0. The Bertz CT molecular complexity index is 1170. The summed E-state index contributed by atoms with van der Waals surface area (Å²) in [6.07, 6.45) is 1.01. The summed E-state index contributed by atoms with van der Waals surface area (Å²) in [6, 6.07) is 9.59. The van der Waals surface area contributed by atoms with Gasteiger partial charge in [0, 0.05) is 23.8 Å². The Kier molecular flexibility index (Phi) is 6.75.